The quantitative estimate of drug-likeness (QED) is 0.595. The van der Waals surface area contributed by atoms with Crippen LogP contribution in [-0.4, -0.2) is 12.6 Å². The molecule has 1 saturated heterocycles. The molecule has 1 aromatic rings. The van der Waals surface area contributed by atoms with Gasteiger partial charge >= 0.3 is 0 Å². The van der Waals surface area contributed by atoms with Crippen LogP contribution in [0.3, 0.4) is 0 Å². The zero-order valence-corrected chi connectivity index (χ0v) is 6.94. The van der Waals surface area contributed by atoms with E-state index < -0.39 is 0 Å². The molecule has 1 aliphatic heterocycles. The Morgan fingerprint density at radius 2 is 1.92 bits per heavy atom. The van der Waals surface area contributed by atoms with Gasteiger partial charge in [0, 0.05) is 5.69 Å². The van der Waals surface area contributed by atoms with Crippen LogP contribution in [0.15, 0.2) is 24.3 Å². The molecule has 1 fully saturated rings. The third-order valence-corrected chi connectivity index (χ3v) is 2.09. The van der Waals surface area contributed by atoms with E-state index in [1.54, 1.807) is 12.1 Å². The summed E-state index contributed by atoms with van der Waals surface area (Å²) in [6, 6.07) is 11.5. The number of hydrogen-bond acceptors (Lipinski definition) is 3. The summed E-state index contributed by atoms with van der Waals surface area (Å²) in [5.74, 6) is 0. The molecule has 62 valence electrons. The van der Waals surface area contributed by atoms with Gasteiger partial charge in [0.2, 0.25) is 0 Å². The monoisotopic (exact) mass is 169 g/mol. The van der Waals surface area contributed by atoms with Crippen LogP contribution in [0.25, 0.3) is 0 Å². The van der Waals surface area contributed by atoms with E-state index in [-0.39, 0.29) is 6.04 Å². The van der Waals surface area contributed by atoms with Crippen LogP contribution in [0.5, 0.6) is 0 Å². The maximum atomic E-state index is 8.59. The van der Waals surface area contributed by atoms with Gasteiger partial charge in [-0.1, -0.05) is 0 Å². The number of nitrogens with zero attached hydrogens (tertiary/aromatic N) is 3. The summed E-state index contributed by atoms with van der Waals surface area (Å²) in [5.41, 5.74) is 1.67. The Kier molecular flexibility index (Phi) is 1.65. The van der Waals surface area contributed by atoms with Gasteiger partial charge in [-0.15, -0.1) is 0 Å². The van der Waals surface area contributed by atoms with Gasteiger partial charge in [0.1, 0.15) is 6.04 Å². The molecule has 0 bridgehead atoms. The number of nitriles is 2. The molecule has 0 saturated carbocycles. The van der Waals surface area contributed by atoms with Crippen LogP contribution in [0.2, 0.25) is 0 Å². The number of anilines is 1. The lowest BCUT2D eigenvalue weighted by Gasteiger charge is -2.01. The normalized spacial score (nSPS) is 18.9. The van der Waals surface area contributed by atoms with Gasteiger partial charge in [-0.2, -0.15) is 10.5 Å². The summed E-state index contributed by atoms with van der Waals surface area (Å²) >= 11 is 0. The molecule has 1 aliphatic rings. The van der Waals surface area contributed by atoms with Gasteiger partial charge in [-0.25, -0.2) is 0 Å². The summed E-state index contributed by atoms with van der Waals surface area (Å²) in [6.07, 6.45) is 0. The van der Waals surface area contributed by atoms with Crippen molar-refractivity contribution in [2.75, 3.05) is 11.4 Å². The Bertz CT molecular complexity index is 394. The molecule has 0 amide bonds. The van der Waals surface area contributed by atoms with Crippen molar-refractivity contribution in [3.63, 3.8) is 0 Å². The first-order valence-electron chi connectivity index (χ1n) is 4.01. The highest BCUT2D eigenvalue weighted by atomic mass is 15.3. The molecule has 2 rings (SSSR count). The fourth-order valence-electron chi connectivity index (χ4n) is 1.26. The largest absolute Gasteiger partial charge is 0.351 e. The first-order chi connectivity index (χ1) is 6.35. The van der Waals surface area contributed by atoms with E-state index in [1.807, 2.05) is 17.0 Å². The highest BCUT2D eigenvalue weighted by Gasteiger charge is 2.33. The zero-order chi connectivity index (χ0) is 9.26. The summed E-state index contributed by atoms with van der Waals surface area (Å²) in [5, 5.41) is 17.2. The van der Waals surface area contributed by atoms with Crippen molar-refractivity contribution < 1.29 is 0 Å². The van der Waals surface area contributed by atoms with Gasteiger partial charge in [-0.05, 0) is 24.3 Å². The Labute approximate surface area is 76.4 Å². The van der Waals surface area contributed by atoms with Crippen LogP contribution >= 0.6 is 0 Å². The van der Waals surface area contributed by atoms with Crippen molar-refractivity contribution in [3.8, 4) is 12.1 Å². The highest BCUT2D eigenvalue weighted by Crippen LogP contribution is 2.26. The molecule has 3 nitrogen and oxygen atoms in total. The van der Waals surface area contributed by atoms with E-state index in [1.165, 1.54) is 0 Å². The standard InChI is InChI=1S/C10H7N3/c11-5-8-1-3-9(4-2-8)13-7-10(13)6-12/h1-4,10H,7H2. The Hall–Kier alpha value is -2.00. The van der Waals surface area contributed by atoms with Crippen molar-refractivity contribution >= 4 is 5.69 Å². The molecule has 0 aliphatic carbocycles. The number of hydrogen-bond donors (Lipinski definition) is 0. The molecule has 0 aromatic heterocycles. The summed E-state index contributed by atoms with van der Waals surface area (Å²) in [7, 11) is 0. The topological polar surface area (TPSA) is 50.6 Å². The minimum absolute atomic E-state index is 0.0351. The van der Waals surface area contributed by atoms with Crippen LogP contribution in [-0.2, 0) is 0 Å². The van der Waals surface area contributed by atoms with E-state index in [9.17, 15) is 0 Å². The molecule has 13 heavy (non-hydrogen) atoms. The van der Waals surface area contributed by atoms with Crippen LogP contribution in [0.1, 0.15) is 5.56 Å². The van der Waals surface area contributed by atoms with Crippen molar-refractivity contribution in [2.45, 2.75) is 6.04 Å². The molecule has 1 heterocycles. The summed E-state index contributed by atoms with van der Waals surface area (Å²) < 4.78 is 0. The molecule has 1 unspecified atom stereocenters. The Balaban J connectivity index is 2.18. The SMILES string of the molecule is N#Cc1ccc(N2CC2C#N)cc1. The van der Waals surface area contributed by atoms with Crippen LogP contribution < -0.4 is 4.90 Å². The second-order valence-corrected chi connectivity index (χ2v) is 2.96. The minimum atomic E-state index is 0.0351. The van der Waals surface area contributed by atoms with Crippen LogP contribution in [0, 0.1) is 22.7 Å². The Morgan fingerprint density at radius 1 is 1.23 bits per heavy atom. The van der Waals surface area contributed by atoms with Gasteiger partial charge < -0.3 is 4.90 Å². The van der Waals surface area contributed by atoms with E-state index in [4.69, 9.17) is 10.5 Å². The van der Waals surface area contributed by atoms with E-state index in [0.717, 1.165) is 12.2 Å². The average molecular weight is 169 g/mol. The third-order valence-electron chi connectivity index (χ3n) is 2.09. The van der Waals surface area contributed by atoms with Crippen molar-refractivity contribution in [1.29, 1.82) is 10.5 Å². The fourth-order valence-corrected chi connectivity index (χ4v) is 1.26. The summed E-state index contributed by atoms with van der Waals surface area (Å²) in [4.78, 5) is 1.99. The molecule has 1 aromatic carbocycles. The lowest BCUT2D eigenvalue weighted by molar-refractivity contribution is 1.26. The highest BCUT2D eigenvalue weighted by molar-refractivity contribution is 5.57. The minimum Gasteiger partial charge on any atom is -0.351 e. The van der Waals surface area contributed by atoms with E-state index in [2.05, 4.69) is 12.1 Å². The number of benzene rings is 1. The smallest absolute Gasteiger partial charge is 0.134 e. The molecular weight excluding hydrogens is 162 g/mol. The predicted octanol–water partition coefficient (Wildman–Crippen LogP) is 1.27. The molecule has 3 heteroatoms. The van der Waals surface area contributed by atoms with Gasteiger partial charge in [-0.3, -0.25) is 0 Å². The Morgan fingerprint density at radius 3 is 2.38 bits per heavy atom. The first-order valence-corrected chi connectivity index (χ1v) is 4.01. The van der Waals surface area contributed by atoms with Gasteiger partial charge in [0.15, 0.2) is 0 Å². The zero-order valence-electron chi connectivity index (χ0n) is 6.94. The average Bonchev–Trinajstić information content (AvgIpc) is 2.97. The van der Waals surface area contributed by atoms with Crippen molar-refractivity contribution in [2.24, 2.45) is 0 Å². The van der Waals surface area contributed by atoms with Crippen molar-refractivity contribution in [3.05, 3.63) is 29.8 Å². The van der Waals surface area contributed by atoms with Crippen LogP contribution in [0.4, 0.5) is 5.69 Å². The lowest BCUT2D eigenvalue weighted by atomic mass is 10.2. The molecule has 0 radical (unpaired) electrons. The maximum Gasteiger partial charge on any atom is 0.134 e. The molecule has 0 N–H and O–H groups in total. The molecule has 1 atom stereocenters. The number of rotatable bonds is 1. The lowest BCUT2D eigenvalue weighted by Crippen LogP contribution is -1.95. The first kappa shape index (κ1) is 7.64. The maximum absolute atomic E-state index is 8.59. The third kappa shape index (κ3) is 1.32. The van der Waals surface area contributed by atoms with Gasteiger partial charge in [0.25, 0.3) is 0 Å². The van der Waals surface area contributed by atoms with E-state index in [0.29, 0.717) is 5.56 Å². The van der Waals surface area contributed by atoms with Crippen molar-refractivity contribution in [1.82, 2.24) is 0 Å². The fraction of sp³-hybridized carbons (Fsp3) is 0.200. The molecular formula is C10H7N3. The predicted molar refractivity (Wildman–Crippen MR) is 47.9 cm³/mol. The van der Waals surface area contributed by atoms with E-state index >= 15 is 0 Å². The second-order valence-electron chi connectivity index (χ2n) is 2.96. The van der Waals surface area contributed by atoms with Gasteiger partial charge in [0.05, 0.1) is 24.2 Å². The molecule has 0 spiro atoms. The summed E-state index contributed by atoms with van der Waals surface area (Å²) in [6.45, 7) is 0.808. The second kappa shape index (κ2) is 2.80.